The summed E-state index contributed by atoms with van der Waals surface area (Å²) in [5, 5.41) is 9.74. The first-order valence-electron chi connectivity index (χ1n) is 7.36. The highest BCUT2D eigenvalue weighted by Gasteiger charge is 2.12. The molecule has 112 valence electrons. The molecule has 23 heavy (non-hydrogen) atoms. The summed E-state index contributed by atoms with van der Waals surface area (Å²) in [6.45, 7) is 4.12. The molecule has 1 N–H and O–H groups in total. The number of aryl methyl sites for hydroxylation is 2. The lowest BCUT2D eigenvalue weighted by Gasteiger charge is -2.08. The van der Waals surface area contributed by atoms with Gasteiger partial charge in [0, 0.05) is 10.9 Å². The van der Waals surface area contributed by atoms with Gasteiger partial charge in [-0.25, -0.2) is 4.98 Å². The molecule has 0 unspecified atom stereocenters. The van der Waals surface area contributed by atoms with E-state index in [2.05, 4.69) is 52.2 Å². The maximum Gasteiger partial charge on any atom is 0.197 e. The van der Waals surface area contributed by atoms with Crippen molar-refractivity contribution >= 4 is 34.2 Å². The summed E-state index contributed by atoms with van der Waals surface area (Å²) in [6.07, 6.45) is 0. The number of H-pyrrole nitrogens is 1. The Morgan fingerprint density at radius 1 is 0.913 bits per heavy atom. The maximum atomic E-state index is 5.33. The number of aromatic nitrogens is 4. The number of nitrogens with zero attached hydrogens (tertiary/aromatic N) is 3. The lowest BCUT2D eigenvalue weighted by atomic mass is 10.1. The highest BCUT2D eigenvalue weighted by molar-refractivity contribution is 7.71. The summed E-state index contributed by atoms with van der Waals surface area (Å²) in [5.41, 5.74) is 6.58. The molecule has 0 radical (unpaired) electrons. The third kappa shape index (κ3) is 2.39. The van der Waals surface area contributed by atoms with Crippen LogP contribution in [0.4, 0.5) is 0 Å². The lowest BCUT2D eigenvalue weighted by molar-refractivity contribution is 1.09. The van der Waals surface area contributed by atoms with Crippen molar-refractivity contribution in [2.75, 3.05) is 0 Å². The van der Waals surface area contributed by atoms with Crippen LogP contribution in [-0.2, 0) is 0 Å². The molecule has 0 bridgehead atoms. The lowest BCUT2D eigenvalue weighted by Crippen LogP contribution is -1.97. The van der Waals surface area contributed by atoms with Crippen molar-refractivity contribution in [2.45, 2.75) is 13.8 Å². The van der Waals surface area contributed by atoms with Gasteiger partial charge >= 0.3 is 0 Å². The van der Waals surface area contributed by atoms with Crippen molar-refractivity contribution in [1.29, 1.82) is 0 Å². The number of fused-ring (bicyclic) bond motifs is 3. The van der Waals surface area contributed by atoms with Crippen LogP contribution < -0.4 is 0 Å². The van der Waals surface area contributed by atoms with E-state index in [4.69, 9.17) is 12.2 Å². The quantitative estimate of drug-likeness (QED) is 0.414. The molecule has 0 saturated heterocycles. The fourth-order valence-corrected chi connectivity index (χ4v) is 2.91. The average Bonchev–Trinajstić information content (AvgIpc) is 2.55. The van der Waals surface area contributed by atoms with Crippen molar-refractivity contribution in [3.8, 4) is 11.3 Å². The normalized spacial score (nSPS) is 11.2. The monoisotopic (exact) mass is 318 g/mol. The Morgan fingerprint density at radius 3 is 2.43 bits per heavy atom. The van der Waals surface area contributed by atoms with Crippen molar-refractivity contribution in [1.82, 2.24) is 20.2 Å². The van der Waals surface area contributed by atoms with Crippen LogP contribution in [0.5, 0.6) is 0 Å². The molecule has 4 rings (SSSR count). The highest BCUT2D eigenvalue weighted by Crippen LogP contribution is 2.28. The first kappa shape index (κ1) is 14.0. The SMILES string of the molecule is Cc1ccc(-c2nc(=S)[nH]c3c2nnc2ccc(C)cc23)cc1. The van der Waals surface area contributed by atoms with Crippen LogP contribution in [-0.4, -0.2) is 20.2 Å². The van der Waals surface area contributed by atoms with E-state index in [-0.39, 0.29) is 0 Å². The first-order valence-corrected chi connectivity index (χ1v) is 7.77. The second-order valence-corrected chi connectivity index (χ2v) is 6.09. The van der Waals surface area contributed by atoms with E-state index in [0.717, 1.165) is 33.2 Å². The predicted octanol–water partition coefficient (Wildman–Crippen LogP) is 4.52. The molecule has 0 aliphatic heterocycles. The Bertz CT molecular complexity index is 1100. The number of hydrogen-bond donors (Lipinski definition) is 1. The molecule has 0 atom stereocenters. The van der Waals surface area contributed by atoms with Gasteiger partial charge in [-0.05, 0) is 38.2 Å². The zero-order valence-corrected chi connectivity index (χ0v) is 13.6. The van der Waals surface area contributed by atoms with Crippen molar-refractivity contribution < 1.29 is 0 Å². The van der Waals surface area contributed by atoms with E-state index in [1.807, 2.05) is 24.3 Å². The van der Waals surface area contributed by atoms with E-state index in [1.165, 1.54) is 11.1 Å². The van der Waals surface area contributed by atoms with E-state index in [9.17, 15) is 0 Å². The van der Waals surface area contributed by atoms with E-state index >= 15 is 0 Å². The predicted molar refractivity (Wildman–Crippen MR) is 94.9 cm³/mol. The maximum absolute atomic E-state index is 5.33. The molecule has 4 nitrogen and oxygen atoms in total. The molecule has 0 amide bonds. The van der Waals surface area contributed by atoms with Crippen LogP contribution in [0.2, 0.25) is 0 Å². The Kier molecular flexibility index (Phi) is 3.16. The smallest absolute Gasteiger partial charge is 0.197 e. The summed E-state index contributed by atoms with van der Waals surface area (Å²) >= 11 is 5.33. The third-order valence-corrected chi connectivity index (χ3v) is 4.10. The van der Waals surface area contributed by atoms with Gasteiger partial charge in [0.25, 0.3) is 0 Å². The van der Waals surface area contributed by atoms with Crippen LogP contribution in [0, 0.1) is 18.6 Å². The molecule has 5 heteroatoms. The van der Waals surface area contributed by atoms with Gasteiger partial charge < -0.3 is 4.98 Å². The summed E-state index contributed by atoms with van der Waals surface area (Å²) in [5.74, 6) is 0. The molecule has 0 fully saturated rings. The van der Waals surface area contributed by atoms with Crippen molar-refractivity contribution in [2.24, 2.45) is 0 Å². The van der Waals surface area contributed by atoms with Crippen molar-refractivity contribution in [3.63, 3.8) is 0 Å². The zero-order valence-electron chi connectivity index (χ0n) is 12.8. The third-order valence-electron chi connectivity index (χ3n) is 3.91. The number of hydrogen-bond acceptors (Lipinski definition) is 4. The van der Waals surface area contributed by atoms with Gasteiger partial charge in [-0.15, -0.1) is 10.2 Å². The molecule has 2 aromatic carbocycles. The highest BCUT2D eigenvalue weighted by atomic mass is 32.1. The summed E-state index contributed by atoms with van der Waals surface area (Å²) in [4.78, 5) is 7.67. The van der Waals surface area contributed by atoms with Crippen LogP contribution in [0.25, 0.3) is 33.2 Å². The summed E-state index contributed by atoms with van der Waals surface area (Å²) in [6, 6.07) is 14.3. The van der Waals surface area contributed by atoms with Gasteiger partial charge in [0.2, 0.25) is 0 Å². The molecule has 2 heterocycles. The topological polar surface area (TPSA) is 54.5 Å². The first-order chi connectivity index (χ1) is 11.1. The Hall–Kier alpha value is -2.66. The second-order valence-electron chi connectivity index (χ2n) is 5.70. The van der Waals surface area contributed by atoms with E-state index < -0.39 is 0 Å². The molecular weight excluding hydrogens is 304 g/mol. The fraction of sp³-hybridized carbons (Fsp3) is 0.111. The van der Waals surface area contributed by atoms with Gasteiger partial charge in [0.1, 0.15) is 11.2 Å². The van der Waals surface area contributed by atoms with Gasteiger partial charge in [-0.1, -0.05) is 41.5 Å². The fourth-order valence-electron chi connectivity index (χ4n) is 2.71. The van der Waals surface area contributed by atoms with Crippen LogP contribution in [0.15, 0.2) is 42.5 Å². The number of benzene rings is 2. The van der Waals surface area contributed by atoms with E-state index in [0.29, 0.717) is 4.77 Å². The minimum Gasteiger partial charge on any atom is -0.328 e. The Morgan fingerprint density at radius 2 is 1.65 bits per heavy atom. The van der Waals surface area contributed by atoms with Gasteiger partial charge in [-0.3, -0.25) is 0 Å². The molecule has 0 aliphatic carbocycles. The second kappa shape index (κ2) is 5.21. The summed E-state index contributed by atoms with van der Waals surface area (Å²) in [7, 11) is 0. The van der Waals surface area contributed by atoms with Crippen molar-refractivity contribution in [3.05, 3.63) is 58.4 Å². The minimum atomic E-state index is 0.448. The van der Waals surface area contributed by atoms with E-state index in [1.54, 1.807) is 0 Å². The molecule has 0 spiro atoms. The van der Waals surface area contributed by atoms with Gasteiger partial charge in [0.15, 0.2) is 4.77 Å². The molecule has 4 aromatic rings. The molecular formula is C18H14N4S. The number of rotatable bonds is 1. The van der Waals surface area contributed by atoms with Crippen LogP contribution in [0.1, 0.15) is 11.1 Å². The minimum absolute atomic E-state index is 0.448. The Balaban J connectivity index is 2.13. The average molecular weight is 318 g/mol. The molecule has 2 aromatic heterocycles. The van der Waals surface area contributed by atoms with Gasteiger partial charge in [-0.2, -0.15) is 0 Å². The van der Waals surface area contributed by atoms with Gasteiger partial charge in [0.05, 0.1) is 11.0 Å². The largest absolute Gasteiger partial charge is 0.328 e. The Labute approximate surface area is 138 Å². The molecule has 0 aliphatic rings. The number of aromatic amines is 1. The summed E-state index contributed by atoms with van der Waals surface area (Å²) < 4.78 is 0.448. The zero-order chi connectivity index (χ0) is 16.0. The van der Waals surface area contributed by atoms with Crippen LogP contribution >= 0.6 is 12.2 Å². The number of nitrogens with one attached hydrogen (secondary N) is 1. The standard InChI is InChI=1S/C18H14N4S/c1-10-3-6-12(7-4-10)15-17-16(20-18(23)19-15)13-9-11(2)5-8-14(13)21-22-17/h3-9H,1-2H3,(H,19,20,23). The molecule has 0 saturated carbocycles. The van der Waals surface area contributed by atoms with Crippen LogP contribution in [0.3, 0.4) is 0 Å².